The number of hydrogen-bond acceptors (Lipinski definition) is 4. The van der Waals surface area contributed by atoms with Gasteiger partial charge in [0.1, 0.15) is 5.82 Å². The van der Waals surface area contributed by atoms with E-state index in [2.05, 4.69) is 15.2 Å². The molecule has 2 aliphatic rings. The second-order valence-corrected chi connectivity index (χ2v) is 5.64. The van der Waals surface area contributed by atoms with Gasteiger partial charge in [-0.2, -0.15) is 0 Å². The Hall–Kier alpha value is -1.07. The maximum absolute atomic E-state index is 13.0. The van der Waals surface area contributed by atoms with Gasteiger partial charge in [-0.3, -0.25) is 4.90 Å². The summed E-state index contributed by atoms with van der Waals surface area (Å²) in [6.07, 6.45) is 2.62. The third-order valence-electron chi connectivity index (χ3n) is 3.16. The fraction of sp³-hybridized carbons (Fsp3) is 0.462. The molecule has 0 radical (unpaired) electrons. The van der Waals surface area contributed by atoms with Gasteiger partial charge in [-0.1, -0.05) is 23.9 Å². The van der Waals surface area contributed by atoms with Gasteiger partial charge in [0.05, 0.1) is 13.3 Å². The van der Waals surface area contributed by atoms with E-state index in [-0.39, 0.29) is 5.82 Å². The van der Waals surface area contributed by atoms with Crippen LogP contribution >= 0.6 is 11.8 Å². The second kappa shape index (κ2) is 5.28. The summed E-state index contributed by atoms with van der Waals surface area (Å²) in [5, 5.41) is 4.29. The summed E-state index contributed by atoms with van der Waals surface area (Å²) < 4.78 is 13.0. The van der Waals surface area contributed by atoms with E-state index in [1.807, 2.05) is 6.07 Å². The van der Waals surface area contributed by atoms with Crippen molar-refractivity contribution in [2.75, 3.05) is 13.3 Å². The van der Waals surface area contributed by atoms with E-state index in [1.165, 1.54) is 18.9 Å². The lowest BCUT2D eigenvalue weighted by Gasteiger charge is -2.26. The van der Waals surface area contributed by atoms with Gasteiger partial charge in [-0.25, -0.2) is 9.38 Å². The average molecular weight is 265 g/mol. The number of rotatable bonds is 3. The van der Waals surface area contributed by atoms with E-state index in [0.717, 1.165) is 35.9 Å². The molecule has 0 aromatic heterocycles. The predicted molar refractivity (Wildman–Crippen MR) is 72.9 cm³/mol. The molecule has 1 aromatic rings. The van der Waals surface area contributed by atoms with Crippen molar-refractivity contribution in [3.63, 3.8) is 0 Å². The molecule has 3 rings (SSSR count). The van der Waals surface area contributed by atoms with Crippen LogP contribution in [0.5, 0.6) is 0 Å². The molecular formula is C13H16FN3S. The number of halogens is 1. The van der Waals surface area contributed by atoms with Gasteiger partial charge in [0.25, 0.3) is 0 Å². The van der Waals surface area contributed by atoms with Gasteiger partial charge in [0.2, 0.25) is 0 Å². The first kappa shape index (κ1) is 12.0. The molecule has 96 valence electrons. The number of amidine groups is 1. The summed E-state index contributed by atoms with van der Waals surface area (Å²) in [5.74, 6) is 0.582. The third kappa shape index (κ3) is 3.03. The van der Waals surface area contributed by atoms with E-state index < -0.39 is 0 Å². The molecular weight excluding hydrogens is 249 g/mol. The van der Waals surface area contributed by atoms with E-state index >= 15 is 0 Å². The first-order chi connectivity index (χ1) is 8.81. The van der Waals surface area contributed by atoms with Crippen LogP contribution in [0.3, 0.4) is 0 Å². The fourth-order valence-corrected chi connectivity index (χ4v) is 2.79. The highest BCUT2D eigenvalue weighted by Crippen LogP contribution is 2.27. The average Bonchev–Trinajstić information content (AvgIpc) is 3.21. The van der Waals surface area contributed by atoms with E-state index in [0.29, 0.717) is 0 Å². The zero-order valence-corrected chi connectivity index (χ0v) is 10.9. The Kier molecular flexibility index (Phi) is 3.52. The Bertz CT molecular complexity index is 459. The maximum Gasteiger partial charge on any atom is 0.159 e. The molecule has 0 unspecified atom stereocenters. The lowest BCUT2D eigenvalue weighted by Crippen LogP contribution is -2.42. The summed E-state index contributed by atoms with van der Waals surface area (Å²) in [7, 11) is 0. The van der Waals surface area contributed by atoms with Crippen molar-refractivity contribution in [3.8, 4) is 0 Å². The molecule has 1 aliphatic heterocycles. The highest BCUT2D eigenvalue weighted by molar-refractivity contribution is 8.13. The van der Waals surface area contributed by atoms with Crippen molar-refractivity contribution in [3.05, 3.63) is 35.6 Å². The number of nitrogens with one attached hydrogen (secondary N) is 1. The van der Waals surface area contributed by atoms with E-state index in [9.17, 15) is 4.39 Å². The van der Waals surface area contributed by atoms with Crippen molar-refractivity contribution in [1.29, 1.82) is 0 Å². The first-order valence-corrected chi connectivity index (χ1v) is 7.19. The summed E-state index contributed by atoms with van der Waals surface area (Å²) in [6.45, 7) is 1.68. The van der Waals surface area contributed by atoms with E-state index in [4.69, 9.17) is 0 Å². The van der Waals surface area contributed by atoms with Crippen LogP contribution in [0.2, 0.25) is 0 Å². The molecule has 18 heavy (non-hydrogen) atoms. The van der Waals surface area contributed by atoms with Crippen molar-refractivity contribution < 1.29 is 4.39 Å². The standard InChI is InChI=1S/C13H16FN3S/c14-11-3-1-2-10(6-11)7-18-13-15-8-17(9-16-13)12-4-5-12/h1-3,6,12H,4-5,7-9H2,(H,15,16). The van der Waals surface area contributed by atoms with Gasteiger partial charge in [-0.15, -0.1) is 0 Å². The maximum atomic E-state index is 13.0. The zero-order valence-electron chi connectivity index (χ0n) is 10.1. The lowest BCUT2D eigenvalue weighted by molar-refractivity contribution is 0.256. The Labute approximate surface area is 110 Å². The van der Waals surface area contributed by atoms with Crippen LogP contribution in [0, 0.1) is 5.82 Å². The first-order valence-electron chi connectivity index (χ1n) is 6.21. The topological polar surface area (TPSA) is 27.6 Å². The van der Waals surface area contributed by atoms with Crippen LogP contribution in [0.4, 0.5) is 4.39 Å². The highest BCUT2D eigenvalue weighted by Gasteiger charge is 2.30. The van der Waals surface area contributed by atoms with Crippen molar-refractivity contribution in [2.45, 2.75) is 24.6 Å². The summed E-state index contributed by atoms with van der Waals surface area (Å²) in [5.41, 5.74) is 0.995. The monoisotopic (exact) mass is 265 g/mol. The highest BCUT2D eigenvalue weighted by atomic mass is 32.2. The Morgan fingerprint density at radius 1 is 1.44 bits per heavy atom. The fourth-order valence-electron chi connectivity index (χ4n) is 1.99. The lowest BCUT2D eigenvalue weighted by atomic mass is 10.2. The molecule has 1 fully saturated rings. The quantitative estimate of drug-likeness (QED) is 0.909. The Balaban J connectivity index is 1.51. The van der Waals surface area contributed by atoms with E-state index in [1.54, 1.807) is 23.9 Å². The number of thioether (sulfide) groups is 1. The van der Waals surface area contributed by atoms with Crippen LogP contribution in [0.25, 0.3) is 0 Å². The smallest absolute Gasteiger partial charge is 0.159 e. The van der Waals surface area contributed by atoms with Crippen LogP contribution in [-0.2, 0) is 5.75 Å². The molecule has 0 bridgehead atoms. The van der Waals surface area contributed by atoms with Crippen molar-refractivity contribution >= 4 is 16.9 Å². The molecule has 3 nitrogen and oxygen atoms in total. The van der Waals surface area contributed by atoms with Gasteiger partial charge >= 0.3 is 0 Å². The molecule has 1 heterocycles. The minimum Gasteiger partial charge on any atom is -0.352 e. The van der Waals surface area contributed by atoms with Crippen LogP contribution < -0.4 is 5.32 Å². The molecule has 1 N–H and O–H groups in total. The van der Waals surface area contributed by atoms with Crippen LogP contribution in [0.1, 0.15) is 18.4 Å². The predicted octanol–water partition coefficient (Wildman–Crippen LogP) is 2.40. The number of benzene rings is 1. The Morgan fingerprint density at radius 3 is 3.00 bits per heavy atom. The van der Waals surface area contributed by atoms with Gasteiger partial charge in [0, 0.05) is 11.8 Å². The molecule has 5 heteroatoms. The van der Waals surface area contributed by atoms with Crippen molar-refractivity contribution in [2.24, 2.45) is 4.99 Å². The van der Waals surface area contributed by atoms with Gasteiger partial charge < -0.3 is 5.32 Å². The van der Waals surface area contributed by atoms with Crippen molar-refractivity contribution in [1.82, 2.24) is 10.2 Å². The number of nitrogens with zero attached hydrogens (tertiary/aromatic N) is 2. The Morgan fingerprint density at radius 2 is 2.33 bits per heavy atom. The molecule has 1 saturated carbocycles. The minimum absolute atomic E-state index is 0.174. The number of hydrogen-bond donors (Lipinski definition) is 1. The molecule has 0 saturated heterocycles. The van der Waals surface area contributed by atoms with Crippen LogP contribution in [0.15, 0.2) is 29.3 Å². The molecule has 1 aromatic carbocycles. The molecule has 0 spiro atoms. The molecule has 0 amide bonds. The SMILES string of the molecule is Fc1cccc(CSC2=NCN(C3CC3)CN2)c1. The minimum atomic E-state index is -0.174. The summed E-state index contributed by atoms with van der Waals surface area (Å²) in [4.78, 5) is 6.86. The molecule has 0 atom stereocenters. The summed E-state index contributed by atoms with van der Waals surface area (Å²) >= 11 is 1.64. The normalized spacial score (nSPS) is 20.4. The third-order valence-corrected chi connectivity index (χ3v) is 4.18. The second-order valence-electron chi connectivity index (χ2n) is 4.68. The van der Waals surface area contributed by atoms with Crippen LogP contribution in [-0.4, -0.2) is 29.4 Å². The molecule has 1 aliphatic carbocycles. The largest absolute Gasteiger partial charge is 0.352 e. The van der Waals surface area contributed by atoms with Gasteiger partial charge in [0.15, 0.2) is 5.17 Å². The zero-order chi connectivity index (χ0) is 12.4. The number of aliphatic imine (C=N–C) groups is 1. The van der Waals surface area contributed by atoms with Gasteiger partial charge in [-0.05, 0) is 30.5 Å². The summed E-state index contributed by atoms with van der Waals surface area (Å²) in [6, 6.07) is 7.48.